The summed E-state index contributed by atoms with van der Waals surface area (Å²) in [6.07, 6.45) is 10.1. The van der Waals surface area contributed by atoms with Crippen LogP contribution in [-0.2, 0) is 0 Å². The normalized spacial score (nSPS) is 18.2. The first-order valence-corrected chi connectivity index (χ1v) is 10.7. The van der Waals surface area contributed by atoms with Crippen molar-refractivity contribution in [1.29, 1.82) is 0 Å². The Morgan fingerprint density at radius 3 is 2.81 bits per heavy atom. The van der Waals surface area contributed by atoms with E-state index in [0.29, 0.717) is 16.9 Å². The van der Waals surface area contributed by atoms with Crippen LogP contribution in [0.3, 0.4) is 0 Å². The van der Waals surface area contributed by atoms with Crippen LogP contribution < -0.4 is 11.2 Å². The van der Waals surface area contributed by atoms with Crippen molar-refractivity contribution in [1.82, 2.24) is 0 Å². The van der Waals surface area contributed by atoms with Crippen molar-refractivity contribution in [2.45, 2.75) is 25.7 Å². The van der Waals surface area contributed by atoms with Gasteiger partial charge in [-0.1, -0.05) is 6.07 Å². The molecule has 0 bridgehead atoms. The molecule has 1 aliphatic heterocycles. The molecule has 0 amide bonds. The van der Waals surface area contributed by atoms with Gasteiger partial charge in [-0.05, 0) is 89.8 Å². The number of nitrogens with zero attached hydrogens (tertiary/aromatic N) is 1. The number of furan rings is 1. The van der Waals surface area contributed by atoms with Crippen LogP contribution in [-0.4, -0.2) is 24.0 Å². The molecular formula is C27H23N2O2+. The fraction of sp³-hybridized carbons (Fsp3) is 0.222. The number of benzene rings is 1. The second-order valence-corrected chi connectivity index (χ2v) is 8.80. The molecule has 0 saturated heterocycles. The number of amidine groups is 1. The van der Waals surface area contributed by atoms with Gasteiger partial charge in [-0.15, -0.1) is 5.73 Å². The van der Waals surface area contributed by atoms with Gasteiger partial charge in [0.05, 0.1) is 24.3 Å². The molecule has 1 aromatic heterocycles. The summed E-state index contributed by atoms with van der Waals surface area (Å²) in [4.78, 5) is 12.9. The molecule has 4 heteroatoms. The average molecular weight is 407 g/mol. The van der Waals surface area contributed by atoms with Gasteiger partial charge in [0, 0.05) is 11.0 Å². The number of nitrogens with two attached hydrogens (primary N) is 1. The Hall–Kier alpha value is -3.62. The van der Waals surface area contributed by atoms with E-state index in [1.807, 2.05) is 25.3 Å². The van der Waals surface area contributed by atoms with E-state index in [0.717, 1.165) is 63.8 Å². The van der Waals surface area contributed by atoms with Crippen LogP contribution in [0.25, 0.3) is 27.3 Å². The Labute approximate surface area is 180 Å². The molecular weight excluding hydrogens is 384 g/mol. The fourth-order valence-corrected chi connectivity index (χ4v) is 4.98. The highest BCUT2D eigenvalue weighted by atomic mass is 16.3. The summed E-state index contributed by atoms with van der Waals surface area (Å²) in [5.41, 5.74) is 17.2. The van der Waals surface area contributed by atoms with E-state index in [1.165, 1.54) is 5.57 Å². The first-order chi connectivity index (χ1) is 15.0. The molecule has 4 nitrogen and oxygen atoms in total. The highest BCUT2D eigenvalue weighted by molar-refractivity contribution is 6.08. The molecule has 0 radical (unpaired) electrons. The van der Waals surface area contributed by atoms with Gasteiger partial charge in [0.2, 0.25) is 0 Å². The zero-order chi connectivity index (χ0) is 21.3. The third kappa shape index (κ3) is 2.69. The lowest BCUT2D eigenvalue weighted by atomic mass is 9.91. The molecule has 1 fully saturated rings. The Kier molecular flexibility index (Phi) is 3.77. The minimum absolute atomic E-state index is 0.0328. The predicted molar refractivity (Wildman–Crippen MR) is 125 cm³/mol. The maximum atomic E-state index is 12.9. The number of allylic oxidation sites excluding steroid dienone is 1. The highest BCUT2D eigenvalue weighted by Gasteiger charge is 2.28. The number of likely N-dealkylation sites (N-methyl/N-ethyl adjacent to an activating group) is 1. The Balaban J connectivity index is 1.67. The third-order valence-corrected chi connectivity index (χ3v) is 6.78. The molecule has 2 aromatic carbocycles. The summed E-state index contributed by atoms with van der Waals surface area (Å²) < 4.78 is 7.86. The minimum Gasteiger partial charge on any atom is -0.464 e. The van der Waals surface area contributed by atoms with Gasteiger partial charge in [0.1, 0.15) is 12.1 Å². The van der Waals surface area contributed by atoms with Crippen molar-refractivity contribution in [3.8, 4) is 0 Å². The van der Waals surface area contributed by atoms with Crippen molar-refractivity contribution in [3.05, 3.63) is 92.5 Å². The second-order valence-electron chi connectivity index (χ2n) is 8.80. The quantitative estimate of drug-likeness (QED) is 0.501. The Morgan fingerprint density at radius 2 is 2.00 bits per heavy atom. The van der Waals surface area contributed by atoms with Crippen molar-refractivity contribution >= 4 is 33.2 Å². The lowest BCUT2D eigenvalue weighted by Gasteiger charge is -2.12. The van der Waals surface area contributed by atoms with Crippen LogP contribution in [0.5, 0.6) is 0 Å². The molecule has 2 heterocycles. The van der Waals surface area contributed by atoms with Crippen LogP contribution in [0.15, 0.2) is 74.8 Å². The van der Waals surface area contributed by atoms with Gasteiger partial charge in [-0.3, -0.25) is 15.1 Å². The minimum atomic E-state index is 0.0328. The summed E-state index contributed by atoms with van der Waals surface area (Å²) in [7, 11) is 2.01. The molecule has 2 N–H and O–H groups in total. The van der Waals surface area contributed by atoms with Crippen molar-refractivity contribution < 1.29 is 8.99 Å². The first kappa shape index (κ1) is 18.2. The van der Waals surface area contributed by atoms with Gasteiger partial charge in [0.25, 0.3) is 5.84 Å². The lowest BCUT2D eigenvalue weighted by Crippen LogP contribution is -2.21. The third-order valence-electron chi connectivity index (χ3n) is 6.78. The van der Waals surface area contributed by atoms with E-state index >= 15 is 0 Å². The van der Waals surface area contributed by atoms with E-state index in [2.05, 4.69) is 35.4 Å². The number of aryl methyl sites for hydroxylation is 1. The molecule has 0 atom stereocenters. The standard InChI is InChI=1S/C27H22N2O2/c1-15-19(17-4-3-5-18-14-29(2)27(28)23(18)12-17)8-9-21-25(15)22(16-6-7-16)13-24(30)20-10-11-31-26(20)21/h4-5,8-13,16,28H,6-7,14H2,1-2H3/p+1. The zero-order valence-electron chi connectivity index (χ0n) is 17.7. The maximum Gasteiger partial charge on any atom is 0.275 e. The fourth-order valence-electron chi connectivity index (χ4n) is 4.98. The van der Waals surface area contributed by atoms with Crippen LogP contribution in [0.2, 0.25) is 0 Å². The maximum absolute atomic E-state index is 12.9. The van der Waals surface area contributed by atoms with Gasteiger partial charge in [-0.2, -0.15) is 0 Å². The predicted octanol–water partition coefficient (Wildman–Crippen LogP) is 4.55. The number of hydrogen-bond acceptors (Lipinski definition) is 3. The molecule has 1 saturated carbocycles. The second kappa shape index (κ2) is 6.44. The molecule has 2 aliphatic carbocycles. The summed E-state index contributed by atoms with van der Waals surface area (Å²) >= 11 is 0. The van der Waals surface area contributed by atoms with Gasteiger partial charge in [-0.25, -0.2) is 0 Å². The zero-order valence-corrected chi connectivity index (χ0v) is 17.7. The molecule has 3 aliphatic rings. The SMILES string of the molecule is Cc1c(C2=CC3=C(C=C=C2)C[N+](C)=C3N)ccc2c1c(C1CC1)cc(=O)c1ccoc12. The molecule has 0 unspecified atom stereocenters. The molecule has 3 aromatic rings. The monoisotopic (exact) mass is 407 g/mol. The van der Waals surface area contributed by atoms with Crippen molar-refractivity contribution in [2.24, 2.45) is 5.73 Å². The summed E-state index contributed by atoms with van der Waals surface area (Å²) in [6.45, 7) is 2.95. The van der Waals surface area contributed by atoms with Crippen LogP contribution in [0.1, 0.15) is 35.4 Å². The van der Waals surface area contributed by atoms with Crippen molar-refractivity contribution in [2.75, 3.05) is 13.6 Å². The Morgan fingerprint density at radius 1 is 1.16 bits per heavy atom. The number of hydrogen-bond donors (Lipinski definition) is 1. The van der Waals surface area contributed by atoms with E-state index < -0.39 is 0 Å². The van der Waals surface area contributed by atoms with Crippen LogP contribution >= 0.6 is 0 Å². The lowest BCUT2D eigenvalue weighted by molar-refractivity contribution is -0.484. The van der Waals surface area contributed by atoms with Crippen LogP contribution in [0, 0.1) is 6.92 Å². The van der Waals surface area contributed by atoms with Gasteiger partial charge >= 0.3 is 0 Å². The van der Waals surface area contributed by atoms with E-state index in [9.17, 15) is 4.79 Å². The first-order valence-electron chi connectivity index (χ1n) is 10.7. The molecule has 6 rings (SSSR count). The van der Waals surface area contributed by atoms with Crippen molar-refractivity contribution in [3.63, 3.8) is 0 Å². The summed E-state index contributed by atoms with van der Waals surface area (Å²) in [5, 5.41) is 2.79. The molecule has 152 valence electrons. The van der Waals surface area contributed by atoms with Gasteiger partial charge < -0.3 is 4.42 Å². The topological polar surface area (TPSA) is 59.2 Å². The highest BCUT2D eigenvalue weighted by Crippen LogP contribution is 2.45. The van der Waals surface area contributed by atoms with E-state index in [4.69, 9.17) is 10.2 Å². The van der Waals surface area contributed by atoms with Gasteiger partial charge in [0.15, 0.2) is 5.43 Å². The smallest absolute Gasteiger partial charge is 0.275 e. The summed E-state index contributed by atoms with van der Waals surface area (Å²) in [6, 6.07) is 7.85. The number of fused-ring (bicyclic) bond motifs is 3. The Bertz CT molecular complexity index is 1530. The van der Waals surface area contributed by atoms with E-state index in [-0.39, 0.29) is 5.43 Å². The van der Waals surface area contributed by atoms with Crippen LogP contribution in [0.4, 0.5) is 0 Å². The molecule has 0 spiro atoms. The average Bonchev–Trinajstić information content (AvgIpc) is 3.48. The molecule has 31 heavy (non-hydrogen) atoms. The summed E-state index contributed by atoms with van der Waals surface area (Å²) in [5.74, 6) is 1.23. The largest absolute Gasteiger partial charge is 0.464 e. The van der Waals surface area contributed by atoms with E-state index in [1.54, 1.807) is 12.3 Å². The number of rotatable bonds is 2.